The molecule has 0 atom stereocenters. The van der Waals surface area contributed by atoms with Gasteiger partial charge in [0, 0.05) is 30.8 Å². The Morgan fingerprint density at radius 2 is 1.87 bits per heavy atom. The summed E-state index contributed by atoms with van der Waals surface area (Å²) in [5.74, 6) is -0.635. The van der Waals surface area contributed by atoms with Crippen molar-refractivity contribution in [2.75, 3.05) is 13.1 Å². The number of aryl methyl sites for hydroxylation is 1. The SMILES string of the molecule is Cc1cc(C(F)(F)F)n2nc(C3CCN(C(=O)Cc4ccccc4F)CC3)cc2n1. The van der Waals surface area contributed by atoms with Gasteiger partial charge in [-0.25, -0.2) is 13.9 Å². The largest absolute Gasteiger partial charge is 0.433 e. The summed E-state index contributed by atoms with van der Waals surface area (Å²) >= 11 is 0. The van der Waals surface area contributed by atoms with Crippen molar-refractivity contribution in [3.8, 4) is 0 Å². The van der Waals surface area contributed by atoms with Gasteiger partial charge in [-0.3, -0.25) is 4.79 Å². The summed E-state index contributed by atoms with van der Waals surface area (Å²) in [6.07, 6.45) is -3.39. The van der Waals surface area contributed by atoms with Gasteiger partial charge >= 0.3 is 6.18 Å². The number of hydrogen-bond donors (Lipinski definition) is 0. The molecule has 5 nitrogen and oxygen atoms in total. The van der Waals surface area contributed by atoms with Gasteiger partial charge in [0.1, 0.15) is 11.5 Å². The third-order valence-electron chi connectivity index (χ3n) is 5.43. The van der Waals surface area contributed by atoms with E-state index in [9.17, 15) is 22.4 Å². The van der Waals surface area contributed by atoms with Crippen LogP contribution >= 0.6 is 0 Å². The summed E-state index contributed by atoms with van der Waals surface area (Å²) in [7, 11) is 0. The fourth-order valence-electron chi connectivity index (χ4n) is 3.86. The molecule has 30 heavy (non-hydrogen) atoms. The molecule has 1 saturated heterocycles. The van der Waals surface area contributed by atoms with Crippen molar-refractivity contribution in [2.45, 2.75) is 38.3 Å². The lowest BCUT2D eigenvalue weighted by Crippen LogP contribution is -2.39. The second kappa shape index (κ2) is 7.70. The van der Waals surface area contributed by atoms with E-state index in [4.69, 9.17) is 0 Å². The number of carbonyl (C=O) groups is 1. The molecule has 1 aromatic carbocycles. The standard InChI is InChI=1S/C21H20F4N4O/c1-13-10-18(21(23,24)25)29-19(26-13)12-17(27-29)14-6-8-28(9-7-14)20(30)11-15-4-2-3-5-16(15)22/h2-5,10,12,14H,6-9,11H2,1H3. The molecule has 1 amide bonds. The van der Waals surface area contributed by atoms with Crippen LogP contribution in [-0.4, -0.2) is 38.5 Å². The summed E-state index contributed by atoms with van der Waals surface area (Å²) in [6, 6.07) is 8.74. The third kappa shape index (κ3) is 4.01. The molecule has 0 unspecified atom stereocenters. The number of nitrogens with zero attached hydrogens (tertiary/aromatic N) is 4. The zero-order valence-electron chi connectivity index (χ0n) is 16.3. The number of fused-ring (bicyclic) bond motifs is 1. The maximum absolute atomic E-state index is 13.8. The Kier molecular flexibility index (Phi) is 5.21. The Bertz CT molecular complexity index is 1080. The van der Waals surface area contributed by atoms with Gasteiger partial charge in [-0.2, -0.15) is 18.3 Å². The van der Waals surface area contributed by atoms with Gasteiger partial charge < -0.3 is 4.90 Å². The van der Waals surface area contributed by atoms with Crippen molar-refractivity contribution in [3.63, 3.8) is 0 Å². The molecule has 0 spiro atoms. The maximum atomic E-state index is 13.8. The van der Waals surface area contributed by atoms with Crippen LogP contribution in [0.2, 0.25) is 0 Å². The van der Waals surface area contributed by atoms with Crippen molar-refractivity contribution >= 4 is 11.6 Å². The summed E-state index contributed by atoms with van der Waals surface area (Å²) in [4.78, 5) is 18.3. The van der Waals surface area contributed by atoms with E-state index in [0.717, 1.165) is 10.6 Å². The zero-order valence-corrected chi connectivity index (χ0v) is 16.3. The van der Waals surface area contributed by atoms with E-state index >= 15 is 0 Å². The number of piperidine rings is 1. The van der Waals surface area contributed by atoms with Crippen LogP contribution in [0.25, 0.3) is 5.65 Å². The number of amides is 1. The van der Waals surface area contributed by atoms with Crippen LogP contribution in [0, 0.1) is 12.7 Å². The van der Waals surface area contributed by atoms with E-state index in [1.165, 1.54) is 13.0 Å². The van der Waals surface area contributed by atoms with Gasteiger partial charge in [0.2, 0.25) is 5.91 Å². The van der Waals surface area contributed by atoms with E-state index in [0.29, 0.717) is 37.2 Å². The Morgan fingerprint density at radius 1 is 1.17 bits per heavy atom. The smallest absolute Gasteiger partial charge is 0.342 e. The summed E-state index contributed by atoms with van der Waals surface area (Å²) in [6.45, 7) is 2.41. The zero-order chi connectivity index (χ0) is 21.5. The molecular weight excluding hydrogens is 400 g/mol. The number of aromatic nitrogens is 3. The minimum absolute atomic E-state index is 0.0101. The first-order chi connectivity index (χ1) is 14.2. The van der Waals surface area contributed by atoms with Crippen LogP contribution in [0.1, 0.15) is 41.4 Å². The second-order valence-electron chi connectivity index (χ2n) is 7.54. The van der Waals surface area contributed by atoms with Crippen molar-refractivity contribution in [2.24, 2.45) is 0 Å². The number of hydrogen-bond acceptors (Lipinski definition) is 3. The quantitative estimate of drug-likeness (QED) is 0.599. The van der Waals surface area contributed by atoms with Crippen LogP contribution in [0.5, 0.6) is 0 Å². The average Bonchev–Trinajstić information content (AvgIpc) is 3.12. The lowest BCUT2D eigenvalue weighted by atomic mass is 9.93. The highest BCUT2D eigenvalue weighted by molar-refractivity contribution is 5.79. The molecular formula is C21H20F4N4O. The van der Waals surface area contributed by atoms with Gasteiger partial charge in [-0.15, -0.1) is 0 Å². The van der Waals surface area contributed by atoms with Crippen molar-refractivity contribution < 1.29 is 22.4 Å². The molecule has 0 saturated carbocycles. The van der Waals surface area contributed by atoms with Gasteiger partial charge in [0.15, 0.2) is 5.65 Å². The first-order valence-electron chi connectivity index (χ1n) is 9.68. The number of likely N-dealkylation sites (tertiary alicyclic amines) is 1. The second-order valence-corrected chi connectivity index (χ2v) is 7.54. The van der Waals surface area contributed by atoms with Crippen molar-refractivity contribution in [1.82, 2.24) is 19.5 Å². The van der Waals surface area contributed by atoms with Gasteiger partial charge in [0.25, 0.3) is 0 Å². The number of benzene rings is 1. The third-order valence-corrected chi connectivity index (χ3v) is 5.43. The Morgan fingerprint density at radius 3 is 2.53 bits per heavy atom. The minimum Gasteiger partial charge on any atom is -0.342 e. The van der Waals surface area contributed by atoms with Crippen LogP contribution < -0.4 is 0 Å². The number of halogens is 4. The first-order valence-corrected chi connectivity index (χ1v) is 9.68. The Balaban J connectivity index is 1.47. The predicted molar refractivity (Wildman–Crippen MR) is 101 cm³/mol. The number of alkyl halides is 3. The molecule has 9 heteroatoms. The number of carbonyl (C=O) groups excluding carboxylic acids is 1. The summed E-state index contributed by atoms with van der Waals surface area (Å²) < 4.78 is 54.6. The summed E-state index contributed by atoms with van der Waals surface area (Å²) in [5.41, 5.74) is 0.477. The highest BCUT2D eigenvalue weighted by Gasteiger charge is 2.35. The van der Waals surface area contributed by atoms with E-state index in [1.54, 1.807) is 29.2 Å². The highest BCUT2D eigenvalue weighted by atomic mass is 19.4. The predicted octanol–water partition coefficient (Wildman–Crippen LogP) is 4.14. The normalized spacial score (nSPS) is 15.7. The van der Waals surface area contributed by atoms with E-state index in [2.05, 4.69) is 10.1 Å². The fraction of sp³-hybridized carbons (Fsp3) is 0.381. The van der Waals surface area contributed by atoms with Crippen LogP contribution in [0.3, 0.4) is 0 Å². The van der Waals surface area contributed by atoms with Crippen LogP contribution in [-0.2, 0) is 17.4 Å². The molecule has 0 radical (unpaired) electrons. The van der Waals surface area contributed by atoms with Gasteiger partial charge in [-0.1, -0.05) is 18.2 Å². The first kappa shape index (κ1) is 20.3. The summed E-state index contributed by atoms with van der Waals surface area (Å²) in [5, 5.41) is 4.17. The van der Waals surface area contributed by atoms with Crippen molar-refractivity contribution in [3.05, 3.63) is 64.9 Å². The topological polar surface area (TPSA) is 50.5 Å². The molecule has 3 heterocycles. The van der Waals surface area contributed by atoms with Gasteiger partial charge in [-0.05, 0) is 37.5 Å². The molecule has 1 fully saturated rings. The monoisotopic (exact) mass is 420 g/mol. The van der Waals surface area contributed by atoms with E-state index in [-0.39, 0.29) is 29.6 Å². The molecule has 1 aliphatic heterocycles. The van der Waals surface area contributed by atoms with Gasteiger partial charge in [0.05, 0.1) is 12.1 Å². The molecule has 4 rings (SSSR count). The van der Waals surface area contributed by atoms with Crippen molar-refractivity contribution in [1.29, 1.82) is 0 Å². The average molecular weight is 420 g/mol. The van der Waals surface area contributed by atoms with E-state index < -0.39 is 17.7 Å². The van der Waals surface area contributed by atoms with Crippen LogP contribution in [0.15, 0.2) is 36.4 Å². The lowest BCUT2D eigenvalue weighted by molar-refractivity contribution is -0.142. The molecule has 158 valence electrons. The van der Waals surface area contributed by atoms with Crippen LogP contribution in [0.4, 0.5) is 17.6 Å². The van der Waals surface area contributed by atoms with E-state index in [1.807, 2.05) is 0 Å². The Labute approximate surface area is 170 Å². The molecule has 1 aliphatic rings. The molecule has 0 bridgehead atoms. The maximum Gasteiger partial charge on any atom is 0.433 e. The molecule has 0 N–H and O–H groups in total. The lowest BCUT2D eigenvalue weighted by Gasteiger charge is -2.31. The molecule has 3 aromatic rings. The fourth-order valence-corrected chi connectivity index (χ4v) is 3.86. The highest BCUT2D eigenvalue weighted by Crippen LogP contribution is 2.32. The molecule has 2 aromatic heterocycles. The Hall–Kier alpha value is -2.97. The molecule has 0 aliphatic carbocycles. The minimum atomic E-state index is -4.53. The number of rotatable bonds is 3.